The topological polar surface area (TPSA) is 96.7 Å². The van der Waals surface area contributed by atoms with E-state index in [0.717, 1.165) is 0 Å². The highest BCUT2D eigenvalue weighted by molar-refractivity contribution is 7.89. The van der Waals surface area contributed by atoms with Gasteiger partial charge in [0.2, 0.25) is 10.0 Å². The van der Waals surface area contributed by atoms with E-state index in [1.807, 2.05) is 13.8 Å². The summed E-state index contributed by atoms with van der Waals surface area (Å²) in [5, 5.41) is 2.93. The van der Waals surface area contributed by atoms with Crippen LogP contribution in [0, 0.1) is 18.3 Å². The zero-order valence-electron chi connectivity index (χ0n) is 18.8. The van der Waals surface area contributed by atoms with Gasteiger partial charge in [0.1, 0.15) is 5.76 Å². The zero-order valence-corrected chi connectivity index (χ0v) is 19.6. The minimum atomic E-state index is -3.48. The van der Waals surface area contributed by atoms with Gasteiger partial charge in [-0.15, -0.1) is 0 Å². The molecule has 1 fully saturated rings. The number of fused-ring (bicyclic) bond motifs is 1. The van der Waals surface area contributed by atoms with E-state index in [-0.39, 0.29) is 28.8 Å². The molecule has 1 aliphatic carbocycles. The number of furan rings is 1. The van der Waals surface area contributed by atoms with Crippen molar-refractivity contribution >= 4 is 21.7 Å². The lowest BCUT2D eigenvalue weighted by Crippen LogP contribution is -2.41. The second-order valence-corrected chi connectivity index (χ2v) is 11.6. The number of hydrogen-bond acceptors (Lipinski definition) is 5. The Morgan fingerprint density at radius 2 is 1.81 bits per heavy atom. The lowest BCUT2D eigenvalue weighted by atomic mass is 9.76. The van der Waals surface area contributed by atoms with Gasteiger partial charge in [-0.05, 0) is 43.2 Å². The fourth-order valence-electron chi connectivity index (χ4n) is 4.71. The van der Waals surface area contributed by atoms with Crippen molar-refractivity contribution in [2.75, 3.05) is 19.6 Å². The Labute approximate surface area is 189 Å². The highest BCUT2D eigenvalue weighted by Crippen LogP contribution is 2.38. The average Bonchev–Trinajstić information content (AvgIpc) is 3.08. The Bertz CT molecular complexity index is 1130. The molecule has 0 unspecified atom stereocenters. The first-order valence-electron chi connectivity index (χ1n) is 11.1. The van der Waals surface area contributed by atoms with Crippen LogP contribution in [-0.4, -0.2) is 44.0 Å². The Balaban J connectivity index is 1.35. The molecule has 2 aromatic rings. The summed E-state index contributed by atoms with van der Waals surface area (Å²) in [6.07, 6.45) is 2.43. The Morgan fingerprint density at radius 3 is 2.47 bits per heavy atom. The number of sulfonamides is 1. The summed E-state index contributed by atoms with van der Waals surface area (Å²) in [4.78, 5) is 25.6. The smallest absolute Gasteiger partial charge is 0.287 e. The van der Waals surface area contributed by atoms with Gasteiger partial charge in [-0.3, -0.25) is 9.59 Å². The number of amides is 1. The maximum absolute atomic E-state index is 12.8. The molecule has 2 aliphatic rings. The summed E-state index contributed by atoms with van der Waals surface area (Å²) in [6, 6.07) is 8.45. The molecule has 1 aromatic carbocycles. The first-order chi connectivity index (χ1) is 15.1. The minimum absolute atomic E-state index is 0.0311. The molecule has 1 N–H and O–H groups in total. The number of nitrogens with one attached hydrogen (secondary N) is 1. The van der Waals surface area contributed by atoms with Gasteiger partial charge in [0, 0.05) is 38.0 Å². The van der Waals surface area contributed by atoms with Crippen LogP contribution in [0.25, 0.3) is 0 Å². The number of carbonyl (C=O) groups is 2. The number of Topliss-reactive ketones (excluding diaryl/α,β-unsaturated/α-hetero) is 1. The Kier molecular flexibility index (Phi) is 6.02. The van der Waals surface area contributed by atoms with Crippen LogP contribution in [0.2, 0.25) is 0 Å². The molecule has 1 aliphatic heterocycles. The molecular weight excluding hydrogens is 428 g/mol. The molecule has 32 heavy (non-hydrogen) atoms. The first-order valence-corrected chi connectivity index (χ1v) is 12.5. The third kappa shape index (κ3) is 4.38. The van der Waals surface area contributed by atoms with Crippen LogP contribution in [0.4, 0.5) is 0 Å². The van der Waals surface area contributed by atoms with Crippen LogP contribution in [0.5, 0.6) is 0 Å². The van der Waals surface area contributed by atoms with Crippen molar-refractivity contribution in [3.63, 3.8) is 0 Å². The van der Waals surface area contributed by atoms with Crippen LogP contribution in [0.1, 0.15) is 65.3 Å². The summed E-state index contributed by atoms with van der Waals surface area (Å²) < 4.78 is 32.9. The van der Waals surface area contributed by atoms with Crippen molar-refractivity contribution in [3.8, 4) is 0 Å². The fraction of sp³-hybridized carbons (Fsp3) is 0.500. The minimum Gasteiger partial charge on any atom is -0.455 e. The molecule has 4 rings (SSSR count). The lowest BCUT2D eigenvalue weighted by Gasteiger charge is -2.31. The summed E-state index contributed by atoms with van der Waals surface area (Å²) in [5.41, 5.74) is 1.01. The van der Waals surface area contributed by atoms with E-state index in [0.29, 0.717) is 67.1 Å². The van der Waals surface area contributed by atoms with Crippen LogP contribution in [0.3, 0.4) is 0 Å². The lowest BCUT2D eigenvalue weighted by molar-refractivity contribution is 0.0885. The molecule has 8 heteroatoms. The number of carbonyl (C=O) groups excluding carboxylic acids is 2. The highest BCUT2D eigenvalue weighted by Gasteiger charge is 2.37. The van der Waals surface area contributed by atoms with Crippen LogP contribution >= 0.6 is 0 Å². The Hall–Kier alpha value is -2.45. The van der Waals surface area contributed by atoms with Gasteiger partial charge in [-0.1, -0.05) is 32.0 Å². The maximum Gasteiger partial charge on any atom is 0.287 e. The number of hydrogen-bond donors (Lipinski definition) is 1. The highest BCUT2D eigenvalue weighted by atomic mass is 32.2. The van der Waals surface area contributed by atoms with E-state index < -0.39 is 10.0 Å². The van der Waals surface area contributed by atoms with E-state index in [9.17, 15) is 18.0 Å². The first kappa shape index (κ1) is 22.7. The van der Waals surface area contributed by atoms with Gasteiger partial charge >= 0.3 is 0 Å². The predicted octanol–water partition coefficient (Wildman–Crippen LogP) is 3.57. The van der Waals surface area contributed by atoms with Crippen molar-refractivity contribution in [2.45, 2.75) is 51.3 Å². The molecule has 7 nitrogen and oxygen atoms in total. The van der Waals surface area contributed by atoms with E-state index in [2.05, 4.69) is 5.32 Å². The van der Waals surface area contributed by atoms with Crippen molar-refractivity contribution in [1.29, 1.82) is 0 Å². The molecular formula is C24H30N2O5S. The standard InChI is InChI=1S/C24H30N2O5S/c1-16-21-19(27)13-24(2,3)14-20(21)31-22(16)23(28)25-15-17-9-11-26(12-10-17)32(29,30)18-7-5-4-6-8-18/h4-8,17H,9-15H2,1-3H3,(H,25,28). The largest absolute Gasteiger partial charge is 0.455 e. The molecule has 1 aromatic heterocycles. The summed E-state index contributed by atoms with van der Waals surface area (Å²) in [6.45, 7) is 7.11. The number of rotatable bonds is 5. The fourth-order valence-corrected chi connectivity index (χ4v) is 6.20. The average molecular weight is 459 g/mol. The van der Waals surface area contributed by atoms with Crippen molar-refractivity contribution in [3.05, 3.63) is 53.0 Å². The molecule has 0 atom stereocenters. The van der Waals surface area contributed by atoms with Gasteiger partial charge in [-0.2, -0.15) is 4.31 Å². The monoisotopic (exact) mass is 458 g/mol. The zero-order chi connectivity index (χ0) is 23.1. The van der Waals surface area contributed by atoms with Gasteiger partial charge in [0.25, 0.3) is 5.91 Å². The van der Waals surface area contributed by atoms with Crippen LogP contribution < -0.4 is 5.32 Å². The summed E-state index contributed by atoms with van der Waals surface area (Å²) in [7, 11) is -3.48. The molecule has 0 spiro atoms. The molecule has 0 radical (unpaired) electrons. The molecule has 0 saturated carbocycles. The van der Waals surface area contributed by atoms with Gasteiger partial charge < -0.3 is 9.73 Å². The van der Waals surface area contributed by atoms with Crippen LogP contribution in [0.15, 0.2) is 39.6 Å². The van der Waals surface area contributed by atoms with E-state index in [1.165, 1.54) is 4.31 Å². The summed E-state index contributed by atoms with van der Waals surface area (Å²) >= 11 is 0. The van der Waals surface area contributed by atoms with Crippen molar-refractivity contribution in [2.24, 2.45) is 11.3 Å². The SMILES string of the molecule is Cc1c(C(=O)NCC2CCN(S(=O)(=O)c3ccccc3)CC2)oc2c1C(=O)CC(C)(C)C2. The second kappa shape index (κ2) is 8.48. The summed E-state index contributed by atoms with van der Waals surface area (Å²) in [5.74, 6) is 0.718. The van der Waals surface area contributed by atoms with Gasteiger partial charge in [0.15, 0.2) is 11.5 Å². The quantitative estimate of drug-likeness (QED) is 0.739. The maximum atomic E-state index is 12.8. The van der Waals surface area contributed by atoms with E-state index in [1.54, 1.807) is 37.3 Å². The number of piperidine rings is 1. The third-order valence-electron chi connectivity index (χ3n) is 6.49. The number of nitrogens with zero attached hydrogens (tertiary/aromatic N) is 1. The van der Waals surface area contributed by atoms with Gasteiger partial charge in [0.05, 0.1) is 10.5 Å². The number of ketones is 1. The molecule has 0 bridgehead atoms. The number of benzene rings is 1. The van der Waals surface area contributed by atoms with Crippen molar-refractivity contribution < 1.29 is 22.4 Å². The van der Waals surface area contributed by atoms with Gasteiger partial charge in [-0.25, -0.2) is 8.42 Å². The van der Waals surface area contributed by atoms with E-state index >= 15 is 0 Å². The third-order valence-corrected chi connectivity index (χ3v) is 8.40. The predicted molar refractivity (Wildman–Crippen MR) is 120 cm³/mol. The molecule has 2 heterocycles. The second-order valence-electron chi connectivity index (χ2n) is 9.67. The van der Waals surface area contributed by atoms with Crippen molar-refractivity contribution in [1.82, 2.24) is 9.62 Å². The van der Waals surface area contributed by atoms with Crippen LogP contribution in [-0.2, 0) is 16.4 Å². The normalized spacial score (nSPS) is 19.5. The molecule has 172 valence electrons. The van der Waals surface area contributed by atoms with E-state index in [4.69, 9.17) is 4.42 Å². The molecule has 1 amide bonds. The molecule has 1 saturated heterocycles. The Morgan fingerprint density at radius 1 is 1.16 bits per heavy atom.